The minimum Gasteiger partial charge on any atom is -0.480 e. The van der Waals surface area contributed by atoms with Crippen LogP contribution in [0, 0.1) is 0 Å². The van der Waals surface area contributed by atoms with Gasteiger partial charge < -0.3 is 34.1 Å². The van der Waals surface area contributed by atoms with Gasteiger partial charge in [-0.2, -0.15) is 0 Å². The number of carboxylic acids is 1. The third kappa shape index (κ3) is 15.8. The van der Waals surface area contributed by atoms with E-state index < -0.39 is 53.3 Å². The molecule has 3 amide bonds. The first kappa shape index (κ1) is 41.6. The number of ketones is 1. The van der Waals surface area contributed by atoms with E-state index in [0.717, 1.165) is 0 Å². The van der Waals surface area contributed by atoms with Crippen LogP contribution in [0.15, 0.2) is 0 Å². The number of ether oxygens (including phenoxy) is 5. The number of nitrogens with one attached hydrogen (secondary N) is 1. The maximum atomic E-state index is 12.6. The van der Waals surface area contributed by atoms with Crippen LogP contribution in [0.3, 0.4) is 0 Å². The van der Waals surface area contributed by atoms with E-state index in [9.17, 15) is 33.9 Å². The number of rotatable bonds is 11. The molecule has 2 aliphatic heterocycles. The lowest BCUT2D eigenvalue weighted by molar-refractivity contribution is -0.142. The summed E-state index contributed by atoms with van der Waals surface area (Å²) in [6.07, 6.45) is -1.24. The van der Waals surface area contributed by atoms with Gasteiger partial charge in [0.25, 0.3) is 0 Å². The summed E-state index contributed by atoms with van der Waals surface area (Å²) in [5.74, 6) is -2.26. The summed E-state index contributed by atoms with van der Waals surface area (Å²) >= 11 is 0. The van der Waals surface area contributed by atoms with Crippen LogP contribution in [-0.2, 0) is 42.9 Å². The van der Waals surface area contributed by atoms with Gasteiger partial charge in [-0.1, -0.05) is 0 Å². The van der Waals surface area contributed by atoms with Crippen LogP contribution >= 0.6 is 0 Å². The van der Waals surface area contributed by atoms with E-state index in [1.165, 1.54) is 16.9 Å². The second-order valence-corrected chi connectivity index (χ2v) is 14.1. The van der Waals surface area contributed by atoms with Gasteiger partial charge in [-0.05, 0) is 69.2 Å². The highest BCUT2D eigenvalue weighted by molar-refractivity contribution is 5.91. The molecule has 270 valence electrons. The van der Waals surface area contributed by atoms with Gasteiger partial charge in [0.15, 0.2) is 5.78 Å². The average Bonchev–Trinajstić information content (AvgIpc) is 3.53. The number of nitrogens with zero attached hydrogens (tertiary/aromatic N) is 2. The van der Waals surface area contributed by atoms with E-state index in [2.05, 4.69) is 10.1 Å². The van der Waals surface area contributed by atoms with Crippen molar-refractivity contribution in [1.29, 1.82) is 0 Å². The molecule has 0 aromatic rings. The lowest BCUT2D eigenvalue weighted by Gasteiger charge is -2.27. The van der Waals surface area contributed by atoms with Crippen LogP contribution in [0.5, 0.6) is 0 Å². The summed E-state index contributed by atoms with van der Waals surface area (Å²) in [7, 11) is 1.25. The number of aliphatic carboxylic acids is 1. The lowest BCUT2D eigenvalue weighted by atomic mass is 10.1. The van der Waals surface area contributed by atoms with E-state index in [4.69, 9.17) is 18.9 Å². The highest BCUT2D eigenvalue weighted by Gasteiger charge is 2.43. The maximum absolute atomic E-state index is 12.6. The van der Waals surface area contributed by atoms with Crippen molar-refractivity contribution in [2.75, 3.05) is 26.7 Å². The number of Topliss-reactive ketones (excluding diaryl/α,β-unsaturated/α-hetero) is 1. The predicted octanol–water partition coefficient (Wildman–Crippen LogP) is 3.30. The van der Waals surface area contributed by atoms with Crippen molar-refractivity contribution in [3.8, 4) is 0 Å². The Morgan fingerprint density at radius 2 is 1.17 bits per heavy atom. The highest BCUT2D eigenvalue weighted by Crippen LogP contribution is 2.25. The topological polar surface area (TPSA) is 187 Å². The molecule has 15 nitrogen and oxygen atoms in total. The van der Waals surface area contributed by atoms with E-state index in [1.807, 2.05) is 27.7 Å². The molecule has 0 aromatic heterocycles. The first-order valence-electron chi connectivity index (χ1n) is 15.9. The van der Waals surface area contributed by atoms with Gasteiger partial charge in [0, 0.05) is 19.3 Å². The van der Waals surface area contributed by atoms with Crippen LogP contribution < -0.4 is 5.32 Å². The molecule has 0 saturated carbocycles. The van der Waals surface area contributed by atoms with Crippen molar-refractivity contribution in [3.63, 3.8) is 0 Å². The molecule has 2 heterocycles. The van der Waals surface area contributed by atoms with Crippen molar-refractivity contribution in [2.45, 2.75) is 143 Å². The third-order valence-corrected chi connectivity index (χ3v) is 6.59. The monoisotopic (exact) mass is 673 g/mol. The van der Waals surface area contributed by atoms with E-state index in [-0.39, 0.29) is 62.7 Å². The van der Waals surface area contributed by atoms with Gasteiger partial charge >= 0.3 is 24.1 Å². The number of carbonyl (C=O) groups is 6. The number of hydrogen-bond donors (Lipinski definition) is 2. The second kappa shape index (κ2) is 18.2. The Kier molecular flexibility index (Phi) is 16.1. The van der Waals surface area contributed by atoms with Crippen molar-refractivity contribution in [1.82, 2.24) is 15.1 Å². The first-order valence-corrected chi connectivity index (χ1v) is 15.9. The molecule has 0 aliphatic carbocycles. The summed E-state index contributed by atoms with van der Waals surface area (Å²) in [6.45, 7) is 18.3. The molecule has 47 heavy (non-hydrogen) atoms. The Morgan fingerprint density at radius 3 is 1.55 bits per heavy atom. The Balaban J connectivity index is 0.000000506. The molecule has 2 rings (SSSR count). The molecular weight excluding hydrogens is 618 g/mol. The van der Waals surface area contributed by atoms with Gasteiger partial charge in [-0.25, -0.2) is 14.4 Å². The zero-order valence-electron chi connectivity index (χ0n) is 29.7. The number of hydrogen-bond acceptors (Lipinski definition) is 11. The highest BCUT2D eigenvalue weighted by atomic mass is 16.6. The molecule has 2 N–H and O–H groups in total. The number of amides is 3. The second-order valence-electron chi connectivity index (χ2n) is 14.1. The Labute approximate surface area is 277 Å². The number of likely N-dealkylation sites (tertiary alicyclic amines) is 2. The molecule has 0 unspecified atom stereocenters. The molecule has 2 aliphatic rings. The summed E-state index contributed by atoms with van der Waals surface area (Å²) in [4.78, 5) is 73.8. The summed E-state index contributed by atoms with van der Waals surface area (Å²) in [6, 6.07) is -1.66. The number of methoxy groups -OCH3 is 1. The fourth-order valence-electron chi connectivity index (χ4n) is 4.82. The molecule has 0 spiro atoms. The predicted molar refractivity (Wildman–Crippen MR) is 170 cm³/mol. The van der Waals surface area contributed by atoms with Crippen LogP contribution in [0.4, 0.5) is 9.59 Å². The molecule has 2 fully saturated rings. The Bertz CT molecular complexity index is 1100. The Hall–Kier alpha value is -3.46. The van der Waals surface area contributed by atoms with E-state index in [1.54, 1.807) is 41.5 Å². The molecule has 15 heteroatoms. The molecule has 0 radical (unpaired) electrons. The summed E-state index contributed by atoms with van der Waals surface area (Å²) < 4.78 is 26.4. The van der Waals surface area contributed by atoms with Crippen molar-refractivity contribution >= 4 is 35.8 Å². The molecule has 4 atom stereocenters. The SMILES string of the molecule is CC(C)O[C@H]1C[C@@H](C(=O)O)N(C(=O)OC(C)(C)C)C1.COC(=O)CCC(=O)CNC(=O)[C@@H]1C[C@H](OC(C)C)CN1C(=O)OC(C)(C)C. The average molecular weight is 674 g/mol. The molecule has 2 saturated heterocycles. The minimum absolute atomic E-state index is 0.00182. The van der Waals surface area contributed by atoms with E-state index >= 15 is 0 Å². The van der Waals surface area contributed by atoms with Crippen LogP contribution in [0.2, 0.25) is 0 Å². The quantitative estimate of drug-likeness (QED) is 0.241. The van der Waals surface area contributed by atoms with E-state index in [0.29, 0.717) is 12.8 Å². The van der Waals surface area contributed by atoms with Gasteiger partial charge in [-0.15, -0.1) is 0 Å². The maximum Gasteiger partial charge on any atom is 0.411 e. The summed E-state index contributed by atoms with van der Waals surface area (Å²) in [5.41, 5.74) is -1.34. The lowest BCUT2D eigenvalue weighted by Crippen LogP contribution is -2.48. The zero-order chi connectivity index (χ0) is 36.3. The number of esters is 1. The first-order chi connectivity index (χ1) is 21.5. The van der Waals surface area contributed by atoms with Crippen molar-refractivity contribution < 1.29 is 57.6 Å². The van der Waals surface area contributed by atoms with Crippen LogP contribution in [-0.4, -0.2) is 125 Å². The minimum atomic E-state index is -1.03. The van der Waals surface area contributed by atoms with Crippen molar-refractivity contribution in [2.24, 2.45) is 0 Å². The third-order valence-electron chi connectivity index (χ3n) is 6.59. The van der Waals surface area contributed by atoms with Crippen molar-refractivity contribution in [3.05, 3.63) is 0 Å². The summed E-state index contributed by atoms with van der Waals surface area (Å²) in [5, 5.41) is 11.7. The fourth-order valence-corrected chi connectivity index (χ4v) is 4.82. The standard InChI is InChI=1S/C19H32N2O7.C13H23NO5/c1-12(2)27-14-9-15(21(11-14)18(25)28-19(3,4)5)17(24)20-10-13(22)7-8-16(23)26-6;1-8(2)18-9-6-10(11(15)16)14(7-9)12(17)19-13(3,4)5/h12,14-15H,7-11H2,1-6H3,(H,20,24);8-10H,6-7H2,1-5H3,(H,15,16)/t14-,15-;9-,10-/m00/s1. The van der Waals surface area contributed by atoms with Crippen LogP contribution in [0.25, 0.3) is 0 Å². The fraction of sp³-hybridized carbons (Fsp3) is 0.812. The normalized spacial score (nSPS) is 21.2. The Morgan fingerprint density at radius 1 is 0.745 bits per heavy atom. The number of carbonyl (C=O) groups excluding carboxylic acids is 5. The van der Waals surface area contributed by atoms with Gasteiger partial charge in [0.05, 0.1) is 57.6 Å². The number of carboxylic acid groups (broad SMARTS) is 1. The van der Waals surface area contributed by atoms with Gasteiger partial charge in [-0.3, -0.25) is 24.2 Å². The molecule has 0 bridgehead atoms. The zero-order valence-corrected chi connectivity index (χ0v) is 29.7. The molecular formula is C32H55N3O12. The van der Waals surface area contributed by atoms with Crippen LogP contribution in [0.1, 0.15) is 94.9 Å². The molecule has 0 aromatic carbocycles. The van der Waals surface area contributed by atoms with Gasteiger partial charge in [0.2, 0.25) is 5.91 Å². The van der Waals surface area contributed by atoms with Gasteiger partial charge in [0.1, 0.15) is 23.3 Å². The largest absolute Gasteiger partial charge is 0.480 e. The smallest absolute Gasteiger partial charge is 0.411 e.